The van der Waals surface area contributed by atoms with Gasteiger partial charge in [0.25, 0.3) is 0 Å². The van der Waals surface area contributed by atoms with E-state index in [9.17, 15) is 0 Å². The number of allylic oxidation sites excluding steroid dienone is 1. The third-order valence-corrected chi connectivity index (χ3v) is 4.56. The van der Waals surface area contributed by atoms with Gasteiger partial charge in [0.1, 0.15) is 23.9 Å². The van der Waals surface area contributed by atoms with Gasteiger partial charge in [-0.1, -0.05) is 54.6 Å². The van der Waals surface area contributed by atoms with Gasteiger partial charge in [0.05, 0.1) is 18.1 Å². The number of para-hydroxylation sites is 2. The van der Waals surface area contributed by atoms with Gasteiger partial charge >= 0.3 is 0 Å². The van der Waals surface area contributed by atoms with Crippen LogP contribution in [-0.4, -0.2) is 16.7 Å². The number of ether oxygens (including phenoxy) is 2. The van der Waals surface area contributed by atoms with E-state index in [1.165, 1.54) is 5.56 Å². The third kappa shape index (κ3) is 4.98. The number of benzene rings is 3. The standard InChI is InChI=1S/C24H22N2O2.ClH/c1-27-20-13-15-21(16-14-20)28-18-24-25-22-11-5-6-12-23(22)26(24)17-7-10-19-8-3-2-4-9-19;/h2-16H,17-18H2,1H3;1H. The van der Waals surface area contributed by atoms with Crippen LogP contribution in [0.15, 0.2) is 84.9 Å². The van der Waals surface area contributed by atoms with Crippen LogP contribution in [0.4, 0.5) is 0 Å². The Bertz CT molecular complexity index is 1070. The van der Waals surface area contributed by atoms with E-state index in [1.54, 1.807) is 7.11 Å². The minimum absolute atomic E-state index is 0. The molecule has 5 heteroatoms. The molecule has 0 spiro atoms. The summed E-state index contributed by atoms with van der Waals surface area (Å²) < 4.78 is 13.3. The summed E-state index contributed by atoms with van der Waals surface area (Å²) in [4.78, 5) is 4.77. The summed E-state index contributed by atoms with van der Waals surface area (Å²) in [5.74, 6) is 2.50. The molecule has 0 aliphatic rings. The summed E-state index contributed by atoms with van der Waals surface area (Å²) >= 11 is 0. The Labute approximate surface area is 176 Å². The molecule has 4 aromatic rings. The molecule has 4 nitrogen and oxygen atoms in total. The van der Waals surface area contributed by atoms with Crippen LogP contribution in [0.3, 0.4) is 0 Å². The lowest BCUT2D eigenvalue weighted by Crippen LogP contribution is -2.06. The number of methoxy groups -OCH3 is 1. The van der Waals surface area contributed by atoms with E-state index < -0.39 is 0 Å². The predicted octanol–water partition coefficient (Wildman–Crippen LogP) is 5.76. The summed E-state index contributed by atoms with van der Waals surface area (Å²) in [6.07, 6.45) is 4.28. The highest BCUT2D eigenvalue weighted by Crippen LogP contribution is 2.21. The predicted molar refractivity (Wildman–Crippen MR) is 120 cm³/mol. The molecule has 4 rings (SSSR count). The maximum absolute atomic E-state index is 5.96. The molecule has 0 aliphatic carbocycles. The largest absolute Gasteiger partial charge is 0.497 e. The van der Waals surface area contributed by atoms with Crippen molar-refractivity contribution in [1.29, 1.82) is 0 Å². The summed E-state index contributed by atoms with van der Waals surface area (Å²) in [6.45, 7) is 1.14. The fourth-order valence-corrected chi connectivity index (χ4v) is 3.12. The van der Waals surface area contributed by atoms with Crippen molar-refractivity contribution >= 4 is 29.5 Å². The number of rotatable bonds is 7. The first-order chi connectivity index (χ1) is 13.8. The molecule has 0 N–H and O–H groups in total. The molecular weight excluding hydrogens is 384 g/mol. The second-order valence-corrected chi connectivity index (χ2v) is 6.40. The highest BCUT2D eigenvalue weighted by atomic mass is 35.5. The highest BCUT2D eigenvalue weighted by molar-refractivity contribution is 5.85. The molecule has 0 atom stereocenters. The summed E-state index contributed by atoms with van der Waals surface area (Å²) in [7, 11) is 1.65. The molecular formula is C24H23ClN2O2. The smallest absolute Gasteiger partial charge is 0.148 e. The maximum Gasteiger partial charge on any atom is 0.148 e. The molecule has 0 saturated heterocycles. The van der Waals surface area contributed by atoms with Crippen LogP contribution in [0.2, 0.25) is 0 Å². The number of hydrogen-bond acceptors (Lipinski definition) is 3. The zero-order valence-corrected chi connectivity index (χ0v) is 17.0. The minimum atomic E-state index is 0. The van der Waals surface area contributed by atoms with Gasteiger partial charge in [0.2, 0.25) is 0 Å². The van der Waals surface area contributed by atoms with Crippen molar-refractivity contribution in [2.45, 2.75) is 13.2 Å². The van der Waals surface area contributed by atoms with Gasteiger partial charge in [-0.25, -0.2) is 4.98 Å². The Morgan fingerprint density at radius 2 is 1.55 bits per heavy atom. The minimum Gasteiger partial charge on any atom is -0.497 e. The second kappa shape index (κ2) is 9.80. The average molecular weight is 407 g/mol. The molecule has 0 unspecified atom stereocenters. The monoisotopic (exact) mass is 406 g/mol. The van der Waals surface area contributed by atoms with Crippen molar-refractivity contribution in [3.63, 3.8) is 0 Å². The zero-order valence-electron chi connectivity index (χ0n) is 16.2. The highest BCUT2D eigenvalue weighted by Gasteiger charge is 2.10. The molecule has 1 heterocycles. The molecule has 0 radical (unpaired) electrons. The van der Waals surface area contributed by atoms with Crippen LogP contribution in [0.25, 0.3) is 17.1 Å². The molecule has 3 aromatic carbocycles. The van der Waals surface area contributed by atoms with E-state index in [0.717, 1.165) is 34.9 Å². The molecule has 148 valence electrons. The normalized spacial score (nSPS) is 10.8. The van der Waals surface area contributed by atoms with Crippen molar-refractivity contribution in [3.05, 3.63) is 96.3 Å². The van der Waals surface area contributed by atoms with Crippen molar-refractivity contribution < 1.29 is 9.47 Å². The number of imidazole rings is 1. The molecule has 0 amide bonds. The lowest BCUT2D eigenvalue weighted by molar-refractivity contribution is 0.291. The first-order valence-corrected chi connectivity index (χ1v) is 9.26. The van der Waals surface area contributed by atoms with Gasteiger partial charge in [-0.2, -0.15) is 0 Å². The first-order valence-electron chi connectivity index (χ1n) is 9.26. The quantitative estimate of drug-likeness (QED) is 0.391. The molecule has 0 aliphatic heterocycles. The average Bonchev–Trinajstić information content (AvgIpc) is 3.11. The summed E-state index contributed by atoms with van der Waals surface area (Å²) in [5, 5.41) is 0. The fourth-order valence-electron chi connectivity index (χ4n) is 3.12. The Hall–Kier alpha value is -3.24. The molecule has 0 bridgehead atoms. The number of fused-ring (bicyclic) bond motifs is 1. The van der Waals surface area contributed by atoms with Gasteiger partial charge in [0, 0.05) is 6.54 Å². The maximum atomic E-state index is 5.96. The lowest BCUT2D eigenvalue weighted by Gasteiger charge is -2.09. The summed E-state index contributed by atoms with van der Waals surface area (Å²) in [5.41, 5.74) is 3.26. The zero-order chi connectivity index (χ0) is 19.2. The lowest BCUT2D eigenvalue weighted by atomic mass is 10.2. The Morgan fingerprint density at radius 1 is 0.862 bits per heavy atom. The molecule has 1 aromatic heterocycles. The summed E-state index contributed by atoms with van der Waals surface area (Å²) in [6, 6.07) is 26.1. The Kier molecular flexibility index (Phi) is 6.93. The van der Waals surface area contributed by atoms with Gasteiger partial charge in [0.15, 0.2) is 0 Å². The van der Waals surface area contributed by atoms with Crippen molar-refractivity contribution in [2.75, 3.05) is 7.11 Å². The van der Waals surface area contributed by atoms with Crippen molar-refractivity contribution in [2.24, 2.45) is 0 Å². The van der Waals surface area contributed by atoms with E-state index in [4.69, 9.17) is 14.5 Å². The van der Waals surface area contributed by atoms with Crippen LogP contribution in [0, 0.1) is 0 Å². The van der Waals surface area contributed by atoms with Crippen LogP contribution < -0.4 is 9.47 Å². The first kappa shape index (κ1) is 20.5. The second-order valence-electron chi connectivity index (χ2n) is 6.40. The van der Waals surface area contributed by atoms with Crippen molar-refractivity contribution in [1.82, 2.24) is 9.55 Å². The van der Waals surface area contributed by atoms with Crippen LogP contribution in [0.1, 0.15) is 11.4 Å². The number of halogens is 1. The van der Waals surface area contributed by atoms with Gasteiger partial charge < -0.3 is 14.0 Å². The van der Waals surface area contributed by atoms with E-state index in [0.29, 0.717) is 6.61 Å². The number of aromatic nitrogens is 2. The van der Waals surface area contributed by atoms with E-state index in [-0.39, 0.29) is 12.4 Å². The molecule has 29 heavy (non-hydrogen) atoms. The molecule has 0 saturated carbocycles. The number of nitrogens with zero attached hydrogens (tertiary/aromatic N) is 2. The van der Waals surface area contributed by atoms with Crippen molar-refractivity contribution in [3.8, 4) is 11.5 Å². The van der Waals surface area contributed by atoms with Gasteiger partial charge in [-0.05, 0) is 42.0 Å². The van der Waals surface area contributed by atoms with Gasteiger partial charge in [-0.3, -0.25) is 0 Å². The van der Waals surface area contributed by atoms with E-state index in [1.807, 2.05) is 60.7 Å². The number of hydrogen-bond donors (Lipinski definition) is 0. The topological polar surface area (TPSA) is 36.3 Å². The fraction of sp³-hybridized carbons (Fsp3) is 0.125. The van der Waals surface area contributed by atoms with Crippen LogP contribution >= 0.6 is 12.4 Å². The SMILES string of the molecule is COc1ccc(OCc2nc3ccccc3n2CC=Cc2ccccc2)cc1.Cl. The van der Waals surface area contributed by atoms with E-state index >= 15 is 0 Å². The van der Waals surface area contributed by atoms with Crippen LogP contribution in [0.5, 0.6) is 11.5 Å². The Morgan fingerprint density at radius 3 is 2.31 bits per heavy atom. The Balaban J connectivity index is 0.00000240. The van der Waals surface area contributed by atoms with E-state index in [2.05, 4.69) is 34.9 Å². The van der Waals surface area contributed by atoms with Gasteiger partial charge in [-0.15, -0.1) is 12.4 Å². The molecule has 0 fully saturated rings. The third-order valence-electron chi connectivity index (χ3n) is 4.56. The van der Waals surface area contributed by atoms with Crippen LogP contribution in [-0.2, 0) is 13.2 Å².